The normalized spacial score (nSPS) is 11.3. The monoisotopic (exact) mass is 294 g/mol. The van der Waals surface area contributed by atoms with Crippen LogP contribution in [0.15, 0.2) is 35.6 Å². The number of nitrogens with one attached hydrogen (secondary N) is 2. The Morgan fingerprint density at radius 3 is 2.70 bits per heavy atom. The fraction of sp³-hybridized carbons (Fsp3) is 0.182. The van der Waals surface area contributed by atoms with Crippen molar-refractivity contribution in [3.05, 3.63) is 42.1 Å². The summed E-state index contributed by atoms with van der Waals surface area (Å²) in [5, 5.41) is 0. The predicted molar refractivity (Wildman–Crippen MR) is 72.8 cm³/mol. The standard InChI is InChI=1S/C11H14N6O2S/c1-8-5-15-9(6-14-8)7-16-20(18,19)10-2-3-13-11(4-10)17-12/h2-6,16H,7,12H2,1H3,(H,13,17). The molecule has 0 aliphatic heterocycles. The Labute approximate surface area is 116 Å². The zero-order valence-corrected chi connectivity index (χ0v) is 11.6. The van der Waals surface area contributed by atoms with E-state index in [0.29, 0.717) is 5.69 Å². The maximum Gasteiger partial charge on any atom is 0.241 e. The second-order valence-electron chi connectivity index (χ2n) is 3.99. The first-order valence-electron chi connectivity index (χ1n) is 5.71. The van der Waals surface area contributed by atoms with Gasteiger partial charge in [0.15, 0.2) is 0 Å². The maximum absolute atomic E-state index is 12.1. The molecule has 106 valence electrons. The number of pyridine rings is 1. The number of nitrogen functional groups attached to an aromatic ring is 1. The van der Waals surface area contributed by atoms with Crippen LogP contribution in [-0.4, -0.2) is 23.4 Å². The van der Waals surface area contributed by atoms with Gasteiger partial charge in [0.2, 0.25) is 10.0 Å². The van der Waals surface area contributed by atoms with Crippen molar-refractivity contribution in [3.63, 3.8) is 0 Å². The Hall–Kier alpha value is -2.10. The Morgan fingerprint density at radius 2 is 2.05 bits per heavy atom. The number of sulfonamides is 1. The number of hydrogen-bond acceptors (Lipinski definition) is 7. The zero-order valence-electron chi connectivity index (χ0n) is 10.7. The third kappa shape index (κ3) is 3.47. The molecule has 0 spiro atoms. The summed E-state index contributed by atoms with van der Waals surface area (Å²) in [4.78, 5) is 12.0. The number of aromatic nitrogens is 3. The molecule has 8 nitrogen and oxygen atoms in total. The highest BCUT2D eigenvalue weighted by molar-refractivity contribution is 7.89. The molecule has 0 saturated carbocycles. The van der Waals surface area contributed by atoms with Gasteiger partial charge in [-0.2, -0.15) is 0 Å². The quantitative estimate of drug-likeness (QED) is 0.521. The van der Waals surface area contributed by atoms with E-state index in [-0.39, 0.29) is 17.3 Å². The first kappa shape index (κ1) is 14.3. The lowest BCUT2D eigenvalue weighted by Crippen LogP contribution is -2.24. The van der Waals surface area contributed by atoms with Crippen molar-refractivity contribution < 1.29 is 8.42 Å². The molecule has 0 radical (unpaired) electrons. The highest BCUT2D eigenvalue weighted by atomic mass is 32.2. The number of aryl methyl sites for hydroxylation is 1. The fourth-order valence-electron chi connectivity index (χ4n) is 1.42. The van der Waals surface area contributed by atoms with Crippen molar-refractivity contribution in [1.82, 2.24) is 19.7 Å². The molecule has 4 N–H and O–H groups in total. The van der Waals surface area contributed by atoms with Crippen LogP contribution < -0.4 is 16.0 Å². The van der Waals surface area contributed by atoms with E-state index < -0.39 is 10.0 Å². The number of anilines is 1. The minimum Gasteiger partial charge on any atom is -0.308 e. The summed E-state index contributed by atoms with van der Waals surface area (Å²) in [7, 11) is -3.65. The van der Waals surface area contributed by atoms with Gasteiger partial charge in [-0.05, 0) is 13.0 Å². The third-order valence-corrected chi connectivity index (χ3v) is 3.87. The summed E-state index contributed by atoms with van der Waals surface area (Å²) in [5.41, 5.74) is 3.59. The van der Waals surface area contributed by atoms with E-state index >= 15 is 0 Å². The molecule has 0 aromatic carbocycles. The smallest absolute Gasteiger partial charge is 0.241 e. The molecule has 0 saturated heterocycles. The van der Waals surface area contributed by atoms with Gasteiger partial charge in [0.05, 0.1) is 29.0 Å². The third-order valence-electron chi connectivity index (χ3n) is 2.47. The Kier molecular flexibility index (Phi) is 4.23. The van der Waals surface area contributed by atoms with Crippen molar-refractivity contribution in [2.24, 2.45) is 5.84 Å². The molecule has 0 unspecified atom stereocenters. The van der Waals surface area contributed by atoms with Crippen molar-refractivity contribution in [1.29, 1.82) is 0 Å². The first-order valence-corrected chi connectivity index (χ1v) is 7.19. The molecule has 0 atom stereocenters. The highest BCUT2D eigenvalue weighted by Gasteiger charge is 2.14. The van der Waals surface area contributed by atoms with E-state index in [9.17, 15) is 8.42 Å². The molecule has 0 bridgehead atoms. The van der Waals surface area contributed by atoms with Gasteiger partial charge in [-0.15, -0.1) is 0 Å². The lowest BCUT2D eigenvalue weighted by atomic mass is 10.4. The van der Waals surface area contributed by atoms with E-state index in [1.807, 2.05) is 0 Å². The molecule has 0 aliphatic carbocycles. The van der Waals surface area contributed by atoms with E-state index in [0.717, 1.165) is 5.69 Å². The van der Waals surface area contributed by atoms with Crippen LogP contribution in [0.2, 0.25) is 0 Å². The second kappa shape index (κ2) is 5.90. The predicted octanol–water partition coefficient (Wildman–Crippen LogP) is -0.0559. The summed E-state index contributed by atoms with van der Waals surface area (Å²) < 4.78 is 26.6. The molecule has 2 heterocycles. The number of hydrazine groups is 1. The second-order valence-corrected chi connectivity index (χ2v) is 5.76. The van der Waals surface area contributed by atoms with Crippen LogP contribution in [0.25, 0.3) is 0 Å². The van der Waals surface area contributed by atoms with Crippen molar-refractivity contribution >= 4 is 15.8 Å². The van der Waals surface area contributed by atoms with Gasteiger partial charge in [0.25, 0.3) is 0 Å². The van der Waals surface area contributed by atoms with E-state index in [4.69, 9.17) is 5.84 Å². The van der Waals surface area contributed by atoms with Crippen LogP contribution >= 0.6 is 0 Å². The summed E-state index contributed by atoms with van der Waals surface area (Å²) in [5.74, 6) is 5.46. The van der Waals surface area contributed by atoms with Gasteiger partial charge in [-0.25, -0.2) is 24.0 Å². The van der Waals surface area contributed by atoms with Crippen molar-refractivity contribution in [2.75, 3.05) is 5.43 Å². The minimum absolute atomic E-state index is 0.0589. The molecule has 0 aliphatic rings. The SMILES string of the molecule is Cc1cnc(CNS(=O)(=O)c2ccnc(NN)c2)cn1. The largest absolute Gasteiger partial charge is 0.308 e. The van der Waals surface area contributed by atoms with Gasteiger partial charge < -0.3 is 5.43 Å². The van der Waals surface area contributed by atoms with Crippen molar-refractivity contribution in [2.45, 2.75) is 18.4 Å². The molecule has 0 amide bonds. The number of nitrogens with two attached hydrogens (primary N) is 1. The Morgan fingerprint density at radius 1 is 1.25 bits per heavy atom. The number of hydrogen-bond donors (Lipinski definition) is 3. The van der Waals surface area contributed by atoms with E-state index in [1.54, 1.807) is 13.1 Å². The van der Waals surface area contributed by atoms with Gasteiger partial charge in [-0.1, -0.05) is 0 Å². The average molecular weight is 294 g/mol. The van der Waals surface area contributed by atoms with Crippen LogP contribution in [0.4, 0.5) is 5.82 Å². The van der Waals surface area contributed by atoms with Gasteiger partial charge in [0.1, 0.15) is 5.82 Å². The fourth-order valence-corrected chi connectivity index (χ4v) is 2.43. The molecule has 0 fully saturated rings. The summed E-state index contributed by atoms with van der Waals surface area (Å²) in [6.45, 7) is 1.86. The first-order chi connectivity index (χ1) is 9.51. The molecular weight excluding hydrogens is 280 g/mol. The minimum atomic E-state index is -3.65. The van der Waals surface area contributed by atoms with Gasteiger partial charge in [-0.3, -0.25) is 9.97 Å². The summed E-state index contributed by atoms with van der Waals surface area (Å²) >= 11 is 0. The topological polar surface area (TPSA) is 123 Å². The molecule has 2 aromatic heterocycles. The molecular formula is C11H14N6O2S. The lowest BCUT2D eigenvalue weighted by molar-refractivity contribution is 0.580. The molecule has 9 heteroatoms. The highest BCUT2D eigenvalue weighted by Crippen LogP contribution is 2.12. The molecule has 2 rings (SSSR count). The average Bonchev–Trinajstić information content (AvgIpc) is 2.47. The maximum atomic E-state index is 12.1. The van der Waals surface area contributed by atoms with Crippen LogP contribution in [0.1, 0.15) is 11.4 Å². The molecule has 20 heavy (non-hydrogen) atoms. The number of rotatable bonds is 5. The Bertz CT molecular complexity index is 686. The van der Waals surface area contributed by atoms with Gasteiger partial charge in [0, 0.05) is 18.5 Å². The lowest BCUT2D eigenvalue weighted by Gasteiger charge is -2.07. The van der Waals surface area contributed by atoms with E-state index in [2.05, 4.69) is 25.1 Å². The van der Waals surface area contributed by atoms with Gasteiger partial charge >= 0.3 is 0 Å². The van der Waals surface area contributed by atoms with Crippen LogP contribution in [0.3, 0.4) is 0 Å². The number of nitrogens with zero attached hydrogens (tertiary/aromatic N) is 3. The zero-order chi connectivity index (χ0) is 14.6. The van der Waals surface area contributed by atoms with E-state index in [1.165, 1.54) is 24.5 Å². The Balaban J connectivity index is 2.12. The summed E-state index contributed by atoms with van der Waals surface area (Å²) in [6.07, 6.45) is 4.46. The molecule has 2 aromatic rings. The van der Waals surface area contributed by atoms with Crippen LogP contribution in [0.5, 0.6) is 0 Å². The van der Waals surface area contributed by atoms with Crippen molar-refractivity contribution in [3.8, 4) is 0 Å². The van der Waals surface area contributed by atoms with Crippen LogP contribution in [0, 0.1) is 6.92 Å². The summed E-state index contributed by atoms with van der Waals surface area (Å²) in [6, 6.07) is 2.72. The van der Waals surface area contributed by atoms with Crippen LogP contribution in [-0.2, 0) is 16.6 Å².